The van der Waals surface area contributed by atoms with Gasteiger partial charge >= 0.3 is 0 Å². The fourth-order valence-corrected chi connectivity index (χ4v) is 2.22. The number of rotatable bonds is 4. The molecule has 0 saturated carbocycles. The summed E-state index contributed by atoms with van der Waals surface area (Å²) in [5.41, 5.74) is -0.142. The Morgan fingerprint density at radius 1 is 0.818 bits per heavy atom. The molecule has 0 aromatic heterocycles. The Bertz CT molecular complexity index is 714. The highest BCUT2D eigenvalue weighted by atomic mass is 19.2. The van der Waals surface area contributed by atoms with Gasteiger partial charge in [-0.15, -0.1) is 0 Å². The van der Waals surface area contributed by atoms with Crippen LogP contribution in [-0.4, -0.2) is 10.2 Å². The standard InChI is InChI=1S/C16H14F4O2/c1-2-3-8-4-5-9(13(18)12(8)17)6-10-7-11(21)14(19)15(20)16(10)22/h4-5,7,21-22H,2-3,6H2,1H3. The molecule has 0 bridgehead atoms. The van der Waals surface area contributed by atoms with Crippen molar-refractivity contribution in [3.8, 4) is 11.5 Å². The van der Waals surface area contributed by atoms with E-state index in [1.165, 1.54) is 12.1 Å². The van der Waals surface area contributed by atoms with Crippen LogP contribution in [0.3, 0.4) is 0 Å². The second kappa shape index (κ2) is 6.25. The molecule has 2 rings (SSSR count). The maximum absolute atomic E-state index is 14.0. The van der Waals surface area contributed by atoms with E-state index in [1.54, 1.807) is 0 Å². The van der Waals surface area contributed by atoms with E-state index in [-0.39, 0.29) is 23.1 Å². The molecule has 2 aromatic rings. The molecule has 0 saturated heterocycles. The minimum atomic E-state index is -1.63. The van der Waals surface area contributed by atoms with Gasteiger partial charge in [-0.2, -0.15) is 8.78 Å². The van der Waals surface area contributed by atoms with E-state index in [4.69, 9.17) is 0 Å². The largest absolute Gasteiger partial charge is 0.505 e. The molecule has 0 aliphatic carbocycles. The van der Waals surface area contributed by atoms with Gasteiger partial charge in [0.1, 0.15) is 0 Å². The first-order chi connectivity index (χ1) is 10.4. The van der Waals surface area contributed by atoms with Crippen LogP contribution >= 0.6 is 0 Å². The number of phenols is 2. The molecule has 2 N–H and O–H groups in total. The van der Waals surface area contributed by atoms with Crippen LogP contribution in [0.2, 0.25) is 0 Å². The third kappa shape index (κ3) is 2.86. The van der Waals surface area contributed by atoms with Crippen molar-refractivity contribution >= 4 is 0 Å². The first-order valence-corrected chi connectivity index (χ1v) is 6.71. The molecule has 6 heteroatoms. The van der Waals surface area contributed by atoms with Crippen LogP contribution in [-0.2, 0) is 12.8 Å². The Balaban J connectivity index is 2.42. The van der Waals surface area contributed by atoms with Crippen molar-refractivity contribution in [2.45, 2.75) is 26.2 Å². The van der Waals surface area contributed by atoms with E-state index < -0.39 is 34.8 Å². The van der Waals surface area contributed by atoms with Crippen molar-refractivity contribution in [2.75, 3.05) is 0 Å². The highest BCUT2D eigenvalue weighted by molar-refractivity contribution is 5.44. The number of halogens is 4. The maximum atomic E-state index is 14.0. The molecule has 0 unspecified atom stereocenters. The summed E-state index contributed by atoms with van der Waals surface area (Å²) in [7, 11) is 0. The van der Waals surface area contributed by atoms with Crippen LogP contribution in [0.15, 0.2) is 18.2 Å². The highest BCUT2D eigenvalue weighted by Crippen LogP contribution is 2.32. The Hall–Kier alpha value is -2.24. The van der Waals surface area contributed by atoms with Crippen LogP contribution < -0.4 is 0 Å². The van der Waals surface area contributed by atoms with Gasteiger partial charge in [-0.3, -0.25) is 0 Å². The number of benzene rings is 2. The van der Waals surface area contributed by atoms with Gasteiger partial charge in [0.2, 0.25) is 11.6 Å². The quantitative estimate of drug-likeness (QED) is 0.656. The monoisotopic (exact) mass is 314 g/mol. The molecule has 0 spiro atoms. The van der Waals surface area contributed by atoms with Crippen molar-refractivity contribution < 1.29 is 27.8 Å². The van der Waals surface area contributed by atoms with Gasteiger partial charge < -0.3 is 10.2 Å². The zero-order valence-corrected chi connectivity index (χ0v) is 11.8. The van der Waals surface area contributed by atoms with E-state index in [2.05, 4.69) is 0 Å². The molecular formula is C16H14F4O2. The first-order valence-electron chi connectivity index (χ1n) is 6.71. The fourth-order valence-electron chi connectivity index (χ4n) is 2.22. The lowest BCUT2D eigenvalue weighted by molar-refractivity contribution is 0.370. The summed E-state index contributed by atoms with van der Waals surface area (Å²) >= 11 is 0. The molecule has 0 heterocycles. The molecule has 2 nitrogen and oxygen atoms in total. The van der Waals surface area contributed by atoms with Crippen molar-refractivity contribution in [3.05, 3.63) is 58.2 Å². The molecule has 2 aromatic carbocycles. The summed E-state index contributed by atoms with van der Waals surface area (Å²) in [5.74, 6) is -7.36. The van der Waals surface area contributed by atoms with Gasteiger partial charge in [-0.05, 0) is 23.6 Å². The van der Waals surface area contributed by atoms with Gasteiger partial charge in [-0.25, -0.2) is 8.78 Å². The molecule has 0 aliphatic rings. The smallest absolute Gasteiger partial charge is 0.204 e. The molecular weight excluding hydrogens is 300 g/mol. The predicted octanol–water partition coefficient (Wildman–Crippen LogP) is 4.20. The maximum Gasteiger partial charge on any atom is 0.204 e. The minimum Gasteiger partial charge on any atom is -0.505 e. The lowest BCUT2D eigenvalue weighted by atomic mass is 9.99. The van der Waals surface area contributed by atoms with Gasteiger partial charge in [0.15, 0.2) is 23.1 Å². The van der Waals surface area contributed by atoms with Crippen LogP contribution in [0.5, 0.6) is 11.5 Å². The van der Waals surface area contributed by atoms with E-state index in [0.717, 1.165) is 6.07 Å². The lowest BCUT2D eigenvalue weighted by Crippen LogP contribution is -2.02. The summed E-state index contributed by atoms with van der Waals surface area (Å²) in [6.07, 6.45) is 0.638. The average molecular weight is 314 g/mol. The number of aryl methyl sites for hydroxylation is 1. The topological polar surface area (TPSA) is 40.5 Å². The second-order valence-corrected chi connectivity index (χ2v) is 4.97. The normalized spacial score (nSPS) is 11.0. The molecule has 0 atom stereocenters. The van der Waals surface area contributed by atoms with Crippen LogP contribution in [0.4, 0.5) is 17.6 Å². The van der Waals surface area contributed by atoms with Crippen molar-refractivity contribution in [2.24, 2.45) is 0 Å². The molecule has 0 radical (unpaired) electrons. The van der Waals surface area contributed by atoms with E-state index in [0.29, 0.717) is 12.8 Å². The van der Waals surface area contributed by atoms with E-state index in [1.807, 2.05) is 6.92 Å². The molecule has 0 amide bonds. The SMILES string of the molecule is CCCc1ccc(Cc2cc(O)c(F)c(F)c2O)c(F)c1F. The summed E-state index contributed by atoms with van der Waals surface area (Å²) < 4.78 is 54.3. The average Bonchev–Trinajstić information content (AvgIpc) is 2.50. The lowest BCUT2D eigenvalue weighted by Gasteiger charge is -2.10. The number of hydrogen-bond acceptors (Lipinski definition) is 2. The molecule has 0 fully saturated rings. The van der Waals surface area contributed by atoms with Crippen molar-refractivity contribution in [1.82, 2.24) is 0 Å². The summed E-state index contributed by atoms with van der Waals surface area (Å²) in [4.78, 5) is 0. The van der Waals surface area contributed by atoms with E-state index >= 15 is 0 Å². The number of hydrogen-bond donors (Lipinski definition) is 2. The first kappa shape index (κ1) is 16.1. The molecule has 0 aliphatic heterocycles. The fraction of sp³-hybridized carbons (Fsp3) is 0.250. The number of aromatic hydroxyl groups is 2. The van der Waals surface area contributed by atoms with Gasteiger partial charge in [0.05, 0.1) is 0 Å². The van der Waals surface area contributed by atoms with Gasteiger partial charge in [-0.1, -0.05) is 25.5 Å². The second-order valence-electron chi connectivity index (χ2n) is 4.97. The van der Waals surface area contributed by atoms with Crippen LogP contribution in [0.25, 0.3) is 0 Å². The van der Waals surface area contributed by atoms with E-state index in [9.17, 15) is 27.8 Å². The Morgan fingerprint density at radius 2 is 1.41 bits per heavy atom. The summed E-state index contributed by atoms with van der Waals surface area (Å²) in [5, 5.41) is 18.7. The molecule has 118 valence electrons. The number of phenolic OH excluding ortho intramolecular Hbond substituents is 2. The van der Waals surface area contributed by atoms with Gasteiger partial charge in [0.25, 0.3) is 0 Å². The van der Waals surface area contributed by atoms with Gasteiger partial charge in [0, 0.05) is 12.0 Å². The van der Waals surface area contributed by atoms with Crippen molar-refractivity contribution in [1.29, 1.82) is 0 Å². The van der Waals surface area contributed by atoms with Crippen LogP contribution in [0.1, 0.15) is 30.0 Å². The zero-order chi connectivity index (χ0) is 16.4. The molecule has 22 heavy (non-hydrogen) atoms. The van der Waals surface area contributed by atoms with Crippen molar-refractivity contribution in [3.63, 3.8) is 0 Å². The predicted molar refractivity (Wildman–Crippen MR) is 72.8 cm³/mol. The summed E-state index contributed by atoms with van der Waals surface area (Å²) in [6.45, 7) is 1.83. The Morgan fingerprint density at radius 3 is 2.05 bits per heavy atom. The van der Waals surface area contributed by atoms with Crippen LogP contribution in [0, 0.1) is 23.3 Å². The Kier molecular flexibility index (Phi) is 4.59. The zero-order valence-electron chi connectivity index (χ0n) is 11.8. The highest BCUT2D eigenvalue weighted by Gasteiger charge is 2.20. The third-order valence-electron chi connectivity index (χ3n) is 3.38. The summed E-state index contributed by atoms with van der Waals surface area (Å²) in [6, 6.07) is 3.51. The third-order valence-corrected chi connectivity index (χ3v) is 3.38. The Labute approximate surface area is 124 Å². The minimum absolute atomic E-state index is 0.127.